The van der Waals surface area contributed by atoms with Gasteiger partial charge in [0.15, 0.2) is 0 Å². The zero-order valence-electron chi connectivity index (χ0n) is 10.1. The molecule has 0 aliphatic rings. The van der Waals surface area contributed by atoms with E-state index in [0.717, 1.165) is 5.56 Å². The average molecular weight is 259 g/mol. The summed E-state index contributed by atoms with van der Waals surface area (Å²) in [6.07, 6.45) is 2.79. The second-order valence-corrected chi connectivity index (χ2v) is 4.09. The molecule has 3 N–H and O–H groups in total. The van der Waals surface area contributed by atoms with Crippen LogP contribution < -0.4 is 5.73 Å². The fraction of sp³-hybridized carbons (Fsp3) is 0.167. The summed E-state index contributed by atoms with van der Waals surface area (Å²) in [6.45, 7) is 0. The zero-order chi connectivity index (χ0) is 13.8. The molecule has 1 aromatic heterocycles. The molecule has 98 valence electrons. The predicted molar refractivity (Wildman–Crippen MR) is 70.0 cm³/mol. The molecule has 0 spiro atoms. The van der Waals surface area contributed by atoms with E-state index >= 15 is 0 Å². The fourth-order valence-electron chi connectivity index (χ4n) is 1.84. The van der Waals surface area contributed by atoms with E-state index in [1.807, 2.05) is 30.3 Å². The van der Waals surface area contributed by atoms with Crippen molar-refractivity contribution in [3.8, 4) is 0 Å². The molecular weight excluding hydrogens is 246 g/mol. The molecule has 0 amide bonds. The molecule has 0 radical (unpaired) electrons. The molecule has 1 aromatic carbocycles. The van der Waals surface area contributed by atoms with Gasteiger partial charge in [-0.2, -0.15) is 5.10 Å². The summed E-state index contributed by atoms with van der Waals surface area (Å²) >= 11 is 0. The van der Waals surface area contributed by atoms with E-state index < -0.39 is 4.92 Å². The van der Waals surface area contributed by atoms with Gasteiger partial charge in [-0.15, -0.1) is 0 Å². The first-order chi connectivity index (χ1) is 9.08. The van der Waals surface area contributed by atoms with Crippen molar-refractivity contribution in [2.75, 3.05) is 0 Å². The largest absolute Gasteiger partial charge is 0.388 e. The minimum Gasteiger partial charge on any atom is -0.388 e. The van der Waals surface area contributed by atoms with Gasteiger partial charge in [0.25, 0.3) is 0 Å². The highest BCUT2D eigenvalue weighted by molar-refractivity contribution is 5.77. The first-order valence-corrected chi connectivity index (χ1v) is 5.64. The monoisotopic (exact) mass is 259 g/mol. The molecule has 7 heteroatoms. The molecule has 0 aliphatic carbocycles. The number of nitrogens with one attached hydrogen (secondary N) is 1. The van der Waals surface area contributed by atoms with Crippen molar-refractivity contribution in [2.24, 2.45) is 5.73 Å². The molecule has 0 saturated carbocycles. The van der Waals surface area contributed by atoms with E-state index in [1.54, 1.807) is 0 Å². The Bertz CT molecular complexity index is 593. The molecule has 1 heterocycles. The lowest BCUT2D eigenvalue weighted by Crippen LogP contribution is -2.20. The lowest BCUT2D eigenvalue weighted by molar-refractivity contribution is -0.385. The van der Waals surface area contributed by atoms with Crippen molar-refractivity contribution in [3.05, 3.63) is 58.4 Å². The van der Waals surface area contributed by atoms with E-state index in [0.29, 0.717) is 0 Å². The van der Waals surface area contributed by atoms with Crippen LogP contribution in [-0.4, -0.2) is 20.5 Å². The second-order valence-electron chi connectivity index (χ2n) is 4.09. The van der Waals surface area contributed by atoms with Gasteiger partial charge in [-0.3, -0.25) is 20.2 Å². The predicted octanol–water partition coefficient (Wildman–Crippen LogP) is 1.71. The summed E-state index contributed by atoms with van der Waals surface area (Å²) in [5.74, 6) is 0.00649. The number of nitrogens with two attached hydrogens (primary N) is 1. The van der Waals surface area contributed by atoms with Gasteiger partial charge in [0.2, 0.25) is 0 Å². The van der Waals surface area contributed by atoms with Crippen LogP contribution in [-0.2, 0) is 0 Å². The lowest BCUT2D eigenvalue weighted by Gasteiger charge is -2.16. The molecule has 1 atom stereocenters. The molecule has 0 saturated heterocycles. The zero-order valence-corrected chi connectivity index (χ0v) is 10.1. The van der Waals surface area contributed by atoms with E-state index in [9.17, 15) is 10.1 Å². The molecule has 0 bridgehead atoms. The minimum absolute atomic E-state index is 0.00649. The van der Waals surface area contributed by atoms with Crippen molar-refractivity contribution in [1.29, 1.82) is 5.41 Å². The standard InChI is InChI=1S/C12H13N5O2/c13-12(14)6-11(9-4-2-1-3-5-9)16-8-10(7-15-16)17(18)19/h1-5,7-8,11H,6H2,(H3,13,14). The van der Waals surface area contributed by atoms with Crippen LogP contribution >= 0.6 is 0 Å². The maximum atomic E-state index is 10.7. The van der Waals surface area contributed by atoms with Crippen LogP contribution in [0.4, 0.5) is 5.69 Å². The quantitative estimate of drug-likeness (QED) is 0.368. The van der Waals surface area contributed by atoms with Crippen molar-refractivity contribution >= 4 is 11.5 Å². The molecule has 7 nitrogen and oxygen atoms in total. The number of amidine groups is 1. The van der Waals surface area contributed by atoms with Crippen LogP contribution in [0.2, 0.25) is 0 Å². The van der Waals surface area contributed by atoms with Crippen molar-refractivity contribution in [2.45, 2.75) is 12.5 Å². The summed E-state index contributed by atoms with van der Waals surface area (Å²) in [5.41, 5.74) is 6.26. The SMILES string of the molecule is N=C(N)CC(c1ccccc1)n1cc([N+](=O)[O-])cn1. The second kappa shape index (κ2) is 5.30. The highest BCUT2D eigenvalue weighted by Gasteiger charge is 2.19. The maximum absolute atomic E-state index is 10.7. The van der Waals surface area contributed by atoms with Crippen LogP contribution in [0.25, 0.3) is 0 Å². The number of benzene rings is 1. The number of nitro groups is 1. The molecular formula is C12H13N5O2. The van der Waals surface area contributed by atoms with Gasteiger partial charge in [-0.05, 0) is 5.56 Å². The molecule has 0 fully saturated rings. The average Bonchev–Trinajstić information content (AvgIpc) is 2.86. The third-order valence-electron chi connectivity index (χ3n) is 2.72. The normalized spacial score (nSPS) is 12.0. The van der Waals surface area contributed by atoms with Crippen LogP contribution in [0, 0.1) is 15.5 Å². The Kier molecular flexibility index (Phi) is 3.56. The fourth-order valence-corrected chi connectivity index (χ4v) is 1.84. The Morgan fingerprint density at radius 2 is 2.16 bits per heavy atom. The minimum atomic E-state index is -0.501. The molecule has 2 aromatic rings. The van der Waals surface area contributed by atoms with Gasteiger partial charge in [0.05, 0.1) is 16.8 Å². The van der Waals surface area contributed by atoms with Crippen LogP contribution in [0.5, 0.6) is 0 Å². The topological polar surface area (TPSA) is 111 Å². The Morgan fingerprint density at radius 1 is 1.47 bits per heavy atom. The number of hydrogen-bond donors (Lipinski definition) is 2. The van der Waals surface area contributed by atoms with Crippen LogP contribution in [0.1, 0.15) is 18.0 Å². The van der Waals surface area contributed by atoms with Gasteiger partial charge in [0.1, 0.15) is 12.4 Å². The Hall–Kier alpha value is -2.70. The highest BCUT2D eigenvalue weighted by atomic mass is 16.6. The van der Waals surface area contributed by atoms with Gasteiger partial charge in [0, 0.05) is 6.42 Å². The first-order valence-electron chi connectivity index (χ1n) is 5.64. The number of hydrogen-bond acceptors (Lipinski definition) is 4. The number of aromatic nitrogens is 2. The summed E-state index contributed by atoms with van der Waals surface area (Å²) in [6, 6.07) is 9.04. The molecule has 19 heavy (non-hydrogen) atoms. The van der Waals surface area contributed by atoms with Gasteiger partial charge >= 0.3 is 5.69 Å². The van der Waals surface area contributed by atoms with Crippen molar-refractivity contribution in [3.63, 3.8) is 0 Å². The Morgan fingerprint density at radius 3 is 2.68 bits per heavy atom. The smallest absolute Gasteiger partial charge is 0.307 e. The molecule has 2 rings (SSSR count). The Balaban J connectivity index is 2.37. The van der Waals surface area contributed by atoms with Crippen molar-refractivity contribution < 1.29 is 4.92 Å². The van der Waals surface area contributed by atoms with Crippen LogP contribution in [0.15, 0.2) is 42.7 Å². The van der Waals surface area contributed by atoms with Gasteiger partial charge < -0.3 is 5.73 Å². The molecule has 0 aliphatic heterocycles. The third-order valence-corrected chi connectivity index (χ3v) is 2.72. The molecule has 1 unspecified atom stereocenters. The van der Waals surface area contributed by atoms with Crippen molar-refractivity contribution in [1.82, 2.24) is 9.78 Å². The summed E-state index contributed by atoms with van der Waals surface area (Å²) in [4.78, 5) is 10.2. The van der Waals surface area contributed by atoms with E-state index in [-0.39, 0.29) is 24.0 Å². The summed E-state index contributed by atoms with van der Waals surface area (Å²) in [5, 5.41) is 22.1. The summed E-state index contributed by atoms with van der Waals surface area (Å²) in [7, 11) is 0. The van der Waals surface area contributed by atoms with Gasteiger partial charge in [-0.25, -0.2) is 0 Å². The number of nitrogens with zero attached hydrogens (tertiary/aromatic N) is 3. The van der Waals surface area contributed by atoms with E-state index in [4.69, 9.17) is 11.1 Å². The lowest BCUT2D eigenvalue weighted by atomic mass is 10.0. The number of rotatable bonds is 5. The maximum Gasteiger partial charge on any atom is 0.307 e. The highest BCUT2D eigenvalue weighted by Crippen LogP contribution is 2.23. The van der Waals surface area contributed by atoms with Gasteiger partial charge in [-0.1, -0.05) is 30.3 Å². The third kappa shape index (κ3) is 2.95. The first kappa shape index (κ1) is 12.7. The van der Waals surface area contributed by atoms with E-state index in [1.165, 1.54) is 17.1 Å². The van der Waals surface area contributed by atoms with Crippen LogP contribution in [0.3, 0.4) is 0 Å². The Labute approximate surface area is 109 Å². The van der Waals surface area contributed by atoms with E-state index in [2.05, 4.69) is 5.10 Å². The summed E-state index contributed by atoms with van der Waals surface area (Å²) < 4.78 is 1.47.